The summed E-state index contributed by atoms with van der Waals surface area (Å²) in [6.45, 7) is 6.63. The molecule has 0 radical (unpaired) electrons. The molecule has 2 aliphatic rings. The van der Waals surface area contributed by atoms with Crippen LogP contribution in [0.5, 0.6) is 0 Å². The van der Waals surface area contributed by atoms with Crippen LogP contribution < -0.4 is 5.32 Å². The summed E-state index contributed by atoms with van der Waals surface area (Å²) in [5.41, 5.74) is 3.34. The van der Waals surface area contributed by atoms with E-state index in [1.54, 1.807) is 30.3 Å². The van der Waals surface area contributed by atoms with Crippen molar-refractivity contribution < 1.29 is 13.9 Å². The molecule has 2 saturated heterocycles. The number of hydrogen-bond donors (Lipinski definition) is 1. The van der Waals surface area contributed by atoms with Gasteiger partial charge in [0.05, 0.1) is 35.7 Å². The number of carbonyl (C=O) groups excluding carboxylic acids is 1. The summed E-state index contributed by atoms with van der Waals surface area (Å²) in [5, 5.41) is 2.98. The molecule has 1 aromatic carbocycles. The normalized spacial score (nSPS) is 16.4. The fraction of sp³-hybridized carbons (Fsp3) is 0.400. The molecule has 2 fully saturated rings. The number of nitrogens with zero attached hydrogens (tertiary/aromatic N) is 5. The van der Waals surface area contributed by atoms with Crippen molar-refractivity contribution in [1.82, 2.24) is 24.8 Å². The second-order valence-electron chi connectivity index (χ2n) is 9.70. The molecule has 1 amide bonds. The summed E-state index contributed by atoms with van der Waals surface area (Å²) in [4.78, 5) is 30.6. The number of rotatable bonds is 5. The predicted octanol–water partition coefficient (Wildman–Crippen LogP) is 3.62. The minimum Gasteiger partial charge on any atom is -0.379 e. The minimum absolute atomic E-state index is 0.0803. The number of benzene rings is 1. The minimum atomic E-state index is -0.560. The zero-order chi connectivity index (χ0) is 27.2. The van der Waals surface area contributed by atoms with Crippen LogP contribution in [-0.2, 0) is 11.2 Å². The van der Waals surface area contributed by atoms with Crippen molar-refractivity contribution >= 4 is 11.7 Å². The number of ether oxygens (including phenoxy) is 1. The van der Waals surface area contributed by atoms with Gasteiger partial charge in [-0.2, -0.15) is 0 Å². The van der Waals surface area contributed by atoms with Crippen molar-refractivity contribution in [1.29, 1.82) is 0 Å². The van der Waals surface area contributed by atoms with Crippen LogP contribution in [0.1, 0.15) is 46.9 Å². The van der Waals surface area contributed by atoms with E-state index in [0.29, 0.717) is 42.4 Å². The first kappa shape index (κ1) is 26.7. The molecule has 0 bridgehead atoms. The summed E-state index contributed by atoms with van der Waals surface area (Å²) in [7, 11) is 1.81. The zero-order valence-electron chi connectivity index (χ0n) is 22.4. The number of morpholine rings is 1. The molecule has 0 atom stereocenters. The summed E-state index contributed by atoms with van der Waals surface area (Å²) < 4.78 is 20.8. The molecule has 0 unspecified atom stereocenters. The highest BCUT2D eigenvalue weighted by molar-refractivity contribution is 5.95. The van der Waals surface area contributed by atoms with E-state index in [0.717, 1.165) is 56.2 Å². The Balaban J connectivity index is 1.34. The van der Waals surface area contributed by atoms with Gasteiger partial charge in [0.2, 0.25) is 0 Å². The van der Waals surface area contributed by atoms with E-state index >= 15 is 4.39 Å². The molecule has 0 aliphatic carbocycles. The quantitative estimate of drug-likeness (QED) is 0.507. The largest absolute Gasteiger partial charge is 0.379 e. The van der Waals surface area contributed by atoms with Crippen LogP contribution in [-0.4, -0.2) is 83.1 Å². The van der Waals surface area contributed by atoms with Crippen LogP contribution in [0.25, 0.3) is 11.3 Å². The van der Waals surface area contributed by atoms with Gasteiger partial charge in [0.15, 0.2) is 0 Å². The van der Waals surface area contributed by atoms with Crippen LogP contribution in [0.15, 0.2) is 42.9 Å². The lowest BCUT2D eigenvalue weighted by Crippen LogP contribution is -2.50. The Hall–Kier alpha value is -3.87. The van der Waals surface area contributed by atoms with Gasteiger partial charge >= 0.3 is 0 Å². The molecule has 4 heterocycles. The molecule has 2 aromatic heterocycles. The van der Waals surface area contributed by atoms with E-state index in [1.807, 2.05) is 19.1 Å². The van der Waals surface area contributed by atoms with Gasteiger partial charge in [-0.1, -0.05) is 24.8 Å². The van der Waals surface area contributed by atoms with Crippen LogP contribution in [0.2, 0.25) is 0 Å². The van der Waals surface area contributed by atoms with Gasteiger partial charge in [-0.3, -0.25) is 9.69 Å². The molecule has 0 saturated carbocycles. The maximum absolute atomic E-state index is 15.4. The van der Waals surface area contributed by atoms with Crippen LogP contribution in [0.4, 0.5) is 10.2 Å². The van der Waals surface area contributed by atoms with E-state index in [1.165, 1.54) is 12.4 Å². The number of pyridine rings is 1. The van der Waals surface area contributed by atoms with Crippen molar-refractivity contribution in [2.45, 2.75) is 32.2 Å². The molecule has 202 valence electrons. The molecule has 9 heteroatoms. The highest BCUT2D eigenvalue weighted by Gasteiger charge is 2.29. The van der Waals surface area contributed by atoms with E-state index in [2.05, 4.69) is 37.0 Å². The fourth-order valence-electron chi connectivity index (χ4n) is 5.17. The Bertz CT molecular complexity index is 1370. The summed E-state index contributed by atoms with van der Waals surface area (Å²) in [5.74, 6) is 6.23. The highest BCUT2D eigenvalue weighted by atomic mass is 19.1. The topological polar surface area (TPSA) is 83.5 Å². The molecule has 5 rings (SSSR count). The molecule has 1 N–H and O–H groups in total. The Labute approximate surface area is 228 Å². The average molecular weight is 529 g/mol. The van der Waals surface area contributed by atoms with Crippen LogP contribution in [0.3, 0.4) is 0 Å². The molecule has 0 spiro atoms. The number of aryl methyl sites for hydroxylation is 1. The summed E-state index contributed by atoms with van der Waals surface area (Å²) in [6, 6.07) is 8.87. The number of likely N-dealkylation sites (tertiary alicyclic amines) is 1. The van der Waals surface area contributed by atoms with Crippen molar-refractivity contribution in [3.63, 3.8) is 0 Å². The van der Waals surface area contributed by atoms with Crippen molar-refractivity contribution in [2.75, 3.05) is 51.8 Å². The van der Waals surface area contributed by atoms with Gasteiger partial charge in [-0.25, -0.2) is 19.3 Å². The Morgan fingerprint density at radius 2 is 1.87 bits per heavy atom. The lowest BCUT2D eigenvalue weighted by atomic mass is 9.99. The van der Waals surface area contributed by atoms with Crippen LogP contribution >= 0.6 is 0 Å². The van der Waals surface area contributed by atoms with Gasteiger partial charge < -0.3 is 15.0 Å². The number of anilines is 1. The van der Waals surface area contributed by atoms with E-state index in [9.17, 15) is 4.79 Å². The number of amides is 1. The Morgan fingerprint density at radius 1 is 1.08 bits per heavy atom. The predicted molar refractivity (Wildman–Crippen MR) is 148 cm³/mol. The summed E-state index contributed by atoms with van der Waals surface area (Å²) in [6.07, 6.45) is 5.59. The number of carbonyl (C=O) groups is 1. The molecular weight excluding hydrogens is 495 g/mol. The van der Waals surface area contributed by atoms with Gasteiger partial charge in [-0.05, 0) is 43.5 Å². The average Bonchev–Trinajstić information content (AvgIpc) is 3.00. The molecule has 39 heavy (non-hydrogen) atoms. The molecule has 2 aliphatic heterocycles. The second-order valence-corrected chi connectivity index (χ2v) is 9.70. The summed E-state index contributed by atoms with van der Waals surface area (Å²) >= 11 is 0. The SMILES string of the molecule is CCc1ncnc(-c2ccc(C(=O)N3CCC(N4CCOCC4)CC3)c(F)c2)c1C#Cc1ccc(NC)nc1. The van der Waals surface area contributed by atoms with E-state index < -0.39 is 5.82 Å². The third-order valence-corrected chi connectivity index (χ3v) is 7.40. The van der Waals surface area contributed by atoms with Gasteiger partial charge in [-0.15, -0.1) is 0 Å². The first-order chi connectivity index (χ1) is 19.1. The lowest BCUT2D eigenvalue weighted by Gasteiger charge is -2.40. The number of nitrogens with one attached hydrogen (secondary N) is 1. The van der Waals surface area contributed by atoms with Gasteiger partial charge in [0.25, 0.3) is 5.91 Å². The van der Waals surface area contributed by atoms with E-state index in [-0.39, 0.29) is 11.5 Å². The third kappa shape index (κ3) is 6.08. The third-order valence-electron chi connectivity index (χ3n) is 7.40. The number of aromatic nitrogens is 3. The highest BCUT2D eigenvalue weighted by Crippen LogP contribution is 2.27. The van der Waals surface area contributed by atoms with Crippen molar-refractivity contribution in [2.24, 2.45) is 0 Å². The maximum atomic E-state index is 15.4. The number of hydrogen-bond acceptors (Lipinski definition) is 7. The van der Waals surface area contributed by atoms with Crippen molar-refractivity contribution in [3.05, 3.63) is 71.1 Å². The van der Waals surface area contributed by atoms with Crippen LogP contribution in [0, 0.1) is 17.7 Å². The second kappa shape index (κ2) is 12.3. The molecular formula is C30H33FN6O2. The zero-order valence-corrected chi connectivity index (χ0v) is 22.4. The maximum Gasteiger partial charge on any atom is 0.256 e. The van der Waals surface area contributed by atoms with Gasteiger partial charge in [0, 0.05) is 56.6 Å². The monoisotopic (exact) mass is 528 g/mol. The number of halogens is 1. The van der Waals surface area contributed by atoms with E-state index in [4.69, 9.17) is 4.74 Å². The molecule has 3 aromatic rings. The fourth-order valence-corrected chi connectivity index (χ4v) is 5.17. The smallest absolute Gasteiger partial charge is 0.256 e. The number of piperidine rings is 1. The first-order valence-electron chi connectivity index (χ1n) is 13.5. The van der Waals surface area contributed by atoms with Crippen molar-refractivity contribution in [3.8, 4) is 23.1 Å². The Kier molecular flexibility index (Phi) is 8.45. The molecule has 8 nitrogen and oxygen atoms in total. The van der Waals surface area contributed by atoms with Gasteiger partial charge in [0.1, 0.15) is 18.0 Å². The Morgan fingerprint density at radius 3 is 2.54 bits per heavy atom. The lowest BCUT2D eigenvalue weighted by molar-refractivity contribution is 0.00154. The first-order valence-corrected chi connectivity index (χ1v) is 13.5. The standard InChI is InChI=1S/C30H33FN6O2/c1-3-27-25(7-4-21-5-9-28(32-2)33-19-21)29(35-20-34-27)22-6-8-24(26(31)18-22)30(38)37-12-10-23(11-13-37)36-14-16-39-17-15-36/h5-6,8-9,18-20,23H,3,10-17H2,1-2H3,(H,32,33).